The van der Waals surface area contributed by atoms with E-state index in [-0.39, 0.29) is 5.69 Å². The number of non-ortho nitro benzene ring substituents is 1. The van der Waals surface area contributed by atoms with Gasteiger partial charge in [-0.3, -0.25) is 20.2 Å². The van der Waals surface area contributed by atoms with Crippen molar-refractivity contribution in [1.29, 1.82) is 0 Å². The fourth-order valence-corrected chi connectivity index (χ4v) is 3.44. The number of anilines is 1. The van der Waals surface area contributed by atoms with Gasteiger partial charge in [-0.15, -0.1) is 0 Å². The predicted molar refractivity (Wildman–Crippen MR) is 106 cm³/mol. The number of nitrogens with zero attached hydrogens (tertiary/aromatic N) is 3. The quantitative estimate of drug-likeness (QED) is 0.489. The van der Waals surface area contributed by atoms with Crippen LogP contribution in [0.25, 0.3) is 10.9 Å². The second kappa shape index (κ2) is 6.85. The summed E-state index contributed by atoms with van der Waals surface area (Å²) >= 11 is 6.43. The van der Waals surface area contributed by atoms with Crippen LogP contribution < -0.4 is 5.32 Å². The van der Waals surface area contributed by atoms with Gasteiger partial charge in [-0.05, 0) is 12.5 Å². The van der Waals surface area contributed by atoms with Crippen LogP contribution in [0.1, 0.15) is 30.9 Å². The molecule has 1 aliphatic rings. The Bertz CT molecular complexity index is 1120. The summed E-state index contributed by atoms with van der Waals surface area (Å²) in [4.78, 5) is 16.0. The van der Waals surface area contributed by atoms with E-state index in [2.05, 4.69) is 22.4 Å². The van der Waals surface area contributed by atoms with E-state index in [9.17, 15) is 10.1 Å². The van der Waals surface area contributed by atoms with Gasteiger partial charge in [0.1, 0.15) is 5.52 Å². The smallest absolute Gasteiger partial charge is 0.295 e. The van der Waals surface area contributed by atoms with Gasteiger partial charge in [0.15, 0.2) is 0 Å². The molecule has 2 aromatic carbocycles. The van der Waals surface area contributed by atoms with Gasteiger partial charge in [-0.2, -0.15) is 5.10 Å². The third-order valence-electron chi connectivity index (χ3n) is 4.44. The molecule has 27 heavy (non-hydrogen) atoms. The van der Waals surface area contributed by atoms with Crippen LogP contribution in [0, 0.1) is 10.1 Å². The summed E-state index contributed by atoms with van der Waals surface area (Å²) in [6.07, 6.45) is 5.11. The average Bonchev–Trinajstić information content (AvgIpc) is 3.06. The molecule has 0 saturated heterocycles. The lowest BCUT2D eigenvalue weighted by Gasteiger charge is -2.12. The molecule has 4 rings (SSSR count). The summed E-state index contributed by atoms with van der Waals surface area (Å²) in [5.41, 5.74) is 3.83. The van der Waals surface area contributed by atoms with Crippen LogP contribution in [0.4, 0.5) is 11.4 Å². The number of rotatable bonds is 4. The van der Waals surface area contributed by atoms with Crippen LogP contribution in [0.5, 0.6) is 0 Å². The molecule has 0 amide bonds. The summed E-state index contributed by atoms with van der Waals surface area (Å²) in [6, 6.07) is 8.88. The summed E-state index contributed by atoms with van der Waals surface area (Å²) in [5, 5.41) is 22.8. The summed E-state index contributed by atoms with van der Waals surface area (Å²) in [6.45, 7) is 2.07. The van der Waals surface area contributed by atoms with Gasteiger partial charge in [0.2, 0.25) is 0 Å². The van der Waals surface area contributed by atoms with Crippen LogP contribution in [0.15, 0.2) is 53.4 Å². The Kier molecular flexibility index (Phi) is 4.37. The number of nitrogens with one attached hydrogen (secondary N) is 2. The van der Waals surface area contributed by atoms with Crippen molar-refractivity contribution in [3.8, 4) is 0 Å². The van der Waals surface area contributed by atoms with Crippen molar-refractivity contribution < 1.29 is 4.92 Å². The Balaban J connectivity index is 2.05. The molecular formula is C19H16ClN5O2. The zero-order valence-electron chi connectivity index (χ0n) is 14.5. The monoisotopic (exact) mass is 381 g/mol. The lowest BCUT2D eigenvalue weighted by atomic mass is 9.97. The molecule has 2 heterocycles. The van der Waals surface area contributed by atoms with Gasteiger partial charge in [-0.1, -0.05) is 43.1 Å². The Hall–Kier alpha value is -3.19. The molecule has 136 valence electrons. The number of halogens is 1. The number of aromatic nitrogens is 2. The maximum Gasteiger partial charge on any atom is 0.295 e. The van der Waals surface area contributed by atoms with Crippen molar-refractivity contribution >= 4 is 39.6 Å². The van der Waals surface area contributed by atoms with Crippen molar-refractivity contribution in [2.24, 2.45) is 4.99 Å². The first-order valence-electron chi connectivity index (χ1n) is 8.54. The highest BCUT2D eigenvalue weighted by Gasteiger charge is 2.26. The predicted octanol–water partition coefficient (Wildman–Crippen LogP) is 5.03. The van der Waals surface area contributed by atoms with Crippen LogP contribution in [0.3, 0.4) is 0 Å². The van der Waals surface area contributed by atoms with E-state index in [1.807, 2.05) is 24.4 Å². The molecule has 0 atom stereocenters. The van der Waals surface area contributed by atoms with E-state index < -0.39 is 4.92 Å². The van der Waals surface area contributed by atoms with Crippen molar-refractivity contribution in [3.63, 3.8) is 0 Å². The van der Waals surface area contributed by atoms with Crippen LogP contribution in [0.2, 0.25) is 5.02 Å². The third kappa shape index (κ3) is 2.96. The summed E-state index contributed by atoms with van der Waals surface area (Å²) in [7, 11) is 0. The zero-order valence-corrected chi connectivity index (χ0v) is 15.2. The van der Waals surface area contributed by atoms with Crippen molar-refractivity contribution in [3.05, 3.63) is 74.7 Å². The number of nitro benzene ring substituents is 1. The molecule has 7 nitrogen and oxygen atoms in total. The third-order valence-corrected chi connectivity index (χ3v) is 4.77. The number of aliphatic imine (C=N–C) groups is 1. The average molecular weight is 382 g/mol. The van der Waals surface area contributed by atoms with Gasteiger partial charge in [0, 0.05) is 28.4 Å². The molecule has 2 N–H and O–H groups in total. The van der Waals surface area contributed by atoms with E-state index in [1.54, 1.807) is 12.3 Å². The van der Waals surface area contributed by atoms with Gasteiger partial charge < -0.3 is 5.32 Å². The second-order valence-electron chi connectivity index (χ2n) is 6.20. The second-order valence-corrected chi connectivity index (χ2v) is 6.61. The van der Waals surface area contributed by atoms with E-state index >= 15 is 0 Å². The Labute approximate surface area is 159 Å². The molecule has 1 aromatic heterocycles. The molecule has 0 spiro atoms. The number of benzene rings is 2. The highest BCUT2D eigenvalue weighted by atomic mass is 35.5. The lowest BCUT2D eigenvalue weighted by molar-refractivity contribution is -0.383. The van der Waals surface area contributed by atoms with Crippen molar-refractivity contribution in [2.75, 3.05) is 5.32 Å². The topological polar surface area (TPSA) is 96.2 Å². The molecule has 0 radical (unpaired) electrons. The van der Waals surface area contributed by atoms with E-state index in [0.717, 1.165) is 24.1 Å². The molecule has 0 aliphatic carbocycles. The first-order chi connectivity index (χ1) is 13.1. The van der Waals surface area contributed by atoms with E-state index in [4.69, 9.17) is 16.6 Å². The van der Waals surface area contributed by atoms with E-state index in [0.29, 0.717) is 32.9 Å². The summed E-state index contributed by atoms with van der Waals surface area (Å²) in [5.74, 6) is 0. The molecule has 3 aromatic rings. The molecule has 0 bridgehead atoms. The van der Waals surface area contributed by atoms with Gasteiger partial charge in [0.05, 0.1) is 33.6 Å². The van der Waals surface area contributed by atoms with Crippen LogP contribution in [-0.2, 0) is 0 Å². The minimum Gasteiger partial charge on any atom is -0.359 e. The van der Waals surface area contributed by atoms with Crippen molar-refractivity contribution in [2.45, 2.75) is 19.8 Å². The number of nitro groups is 1. The SMILES string of the molecule is CCCC1=CNc2c(cc([N+](=O)[O-])c3[nH]ncc23)C(c2ccccc2Cl)=N1. The molecule has 8 heteroatoms. The number of aromatic amines is 1. The van der Waals surface area contributed by atoms with Gasteiger partial charge >= 0.3 is 0 Å². The van der Waals surface area contributed by atoms with Crippen molar-refractivity contribution in [1.82, 2.24) is 10.2 Å². The summed E-state index contributed by atoms with van der Waals surface area (Å²) < 4.78 is 0. The minimum atomic E-state index is -0.420. The maximum atomic E-state index is 11.6. The molecule has 1 aliphatic heterocycles. The largest absolute Gasteiger partial charge is 0.359 e. The van der Waals surface area contributed by atoms with Crippen LogP contribution in [-0.4, -0.2) is 20.8 Å². The lowest BCUT2D eigenvalue weighted by Crippen LogP contribution is -2.07. The standard InChI is InChI=1S/C19H16ClN5O2/c1-2-5-11-9-21-17-13(18(23-11)12-6-3-4-7-15(12)20)8-16(25(26)27)19-14(17)10-22-24-19/h3-4,6-10,21H,2,5H2,1H3,(H,22,24). The number of H-pyrrole nitrogens is 1. The first-order valence-corrected chi connectivity index (χ1v) is 8.92. The highest BCUT2D eigenvalue weighted by Crippen LogP contribution is 2.37. The molecule has 0 saturated carbocycles. The van der Waals surface area contributed by atoms with E-state index in [1.165, 1.54) is 6.07 Å². The number of fused-ring (bicyclic) bond motifs is 3. The first kappa shape index (κ1) is 17.2. The number of hydrogen-bond donors (Lipinski definition) is 2. The Morgan fingerprint density at radius 3 is 2.81 bits per heavy atom. The maximum absolute atomic E-state index is 11.6. The molecular weight excluding hydrogens is 366 g/mol. The molecule has 0 fully saturated rings. The minimum absolute atomic E-state index is 0.0539. The number of allylic oxidation sites excluding steroid dienone is 1. The van der Waals surface area contributed by atoms with Gasteiger partial charge in [0.25, 0.3) is 5.69 Å². The Morgan fingerprint density at radius 1 is 1.26 bits per heavy atom. The van der Waals surface area contributed by atoms with Gasteiger partial charge in [-0.25, -0.2) is 0 Å². The molecule has 0 unspecified atom stereocenters. The zero-order chi connectivity index (χ0) is 19.0. The fraction of sp³-hybridized carbons (Fsp3) is 0.158. The normalized spacial score (nSPS) is 13.4. The van der Waals surface area contributed by atoms with Crippen LogP contribution >= 0.6 is 11.6 Å². The fourth-order valence-electron chi connectivity index (χ4n) is 3.22. The Morgan fingerprint density at radius 2 is 2.07 bits per heavy atom. The number of hydrogen-bond acceptors (Lipinski definition) is 5. The highest BCUT2D eigenvalue weighted by molar-refractivity contribution is 6.36.